The third kappa shape index (κ3) is 35.2. The van der Waals surface area contributed by atoms with Crippen LogP contribution in [0.5, 0.6) is 0 Å². The average Bonchev–Trinajstić information content (AvgIpc) is 1.00. The van der Waals surface area contributed by atoms with E-state index in [1.165, 1.54) is 9.80 Å². The largest absolute Gasteiger partial charge is 0.458 e. The number of alkyl carbamates (subject to hydrolysis) is 2. The van der Waals surface area contributed by atoms with Crippen molar-refractivity contribution >= 4 is 94.3 Å². The molecule has 2 heterocycles. The number of carbonyl (C=O) groups is 12. The molecule has 2 aliphatic heterocycles. The molecular formula is C66H108IN11O18. The summed E-state index contributed by atoms with van der Waals surface area (Å²) < 4.78 is 29.9. The SMILES string of the molecule is CC(C)(C)OC(=O)NCC1(NC(=O)CCCC(=O)NC(CCCCNC(=O)CCCc2ccc(I)cc2)C(=O)OC(C)(C)C)CNCCNCC(CNC(=O)OC(C)(C)C)(NC(=O)CCCC(=O)ON2C(=O)CCC2=O)CN(C(=O)OC(C)(C)C)CCN(C(=O)OC(C)(C)C)C1. The minimum absolute atomic E-state index is 0.0153. The van der Waals surface area contributed by atoms with Crippen molar-refractivity contribution in [2.45, 2.75) is 239 Å². The molecule has 1 aromatic carbocycles. The first-order valence-electron chi connectivity index (χ1n) is 33.0. The first-order valence-corrected chi connectivity index (χ1v) is 34.0. The molecule has 3 atom stereocenters. The second-order valence-corrected chi connectivity index (χ2v) is 30.5. The summed E-state index contributed by atoms with van der Waals surface area (Å²) in [5, 5.41) is 24.3. The lowest BCUT2D eigenvalue weighted by Gasteiger charge is -2.42. The molecule has 3 rings (SSSR count). The van der Waals surface area contributed by atoms with Crippen molar-refractivity contribution in [3.8, 4) is 0 Å². The molecule has 0 saturated carbocycles. The van der Waals surface area contributed by atoms with Crippen molar-refractivity contribution in [1.82, 2.24) is 57.4 Å². The number of hydrogen-bond acceptors (Lipinski definition) is 20. The van der Waals surface area contributed by atoms with Gasteiger partial charge in [-0.3, -0.25) is 28.8 Å². The van der Waals surface area contributed by atoms with E-state index in [9.17, 15) is 57.5 Å². The molecule has 0 radical (unpaired) electrons. The van der Waals surface area contributed by atoms with Crippen LogP contribution in [0.1, 0.15) is 193 Å². The fourth-order valence-electron chi connectivity index (χ4n) is 9.75. The van der Waals surface area contributed by atoms with Gasteiger partial charge >= 0.3 is 36.3 Å². The van der Waals surface area contributed by atoms with Gasteiger partial charge in [-0.2, -0.15) is 0 Å². The highest BCUT2D eigenvalue weighted by Crippen LogP contribution is 2.21. The van der Waals surface area contributed by atoms with E-state index in [-0.39, 0.29) is 116 Å². The van der Waals surface area contributed by atoms with E-state index in [1.54, 1.807) is 104 Å². The maximum atomic E-state index is 14.7. The Morgan fingerprint density at radius 3 is 1.40 bits per heavy atom. The number of benzene rings is 1. The minimum Gasteiger partial charge on any atom is -0.458 e. The average molecular weight is 1470 g/mol. The summed E-state index contributed by atoms with van der Waals surface area (Å²) >= 11 is 2.25. The van der Waals surface area contributed by atoms with Gasteiger partial charge in [0.1, 0.15) is 34.0 Å². The molecule has 3 unspecified atom stereocenters. The number of nitrogens with one attached hydrogen (secondary N) is 8. The van der Waals surface area contributed by atoms with E-state index >= 15 is 0 Å². The standard InChI is InChI=1S/C66H108IN11O18/c1-60(2,3)91-55(86)47(22-16-17-34-70-48(79)23-18-21-45-28-30-46(67)31-29-45)73-49(80)24-19-25-50(81)74-65(41-71-56(87)92-61(4,5)6)39-68-35-36-69-40-66(42-72-57(88)93-62(7,8)9,75-51(82)26-20-27-54(85)96-78-52(83)32-33-53(78)84)44-77(59(90)95-64(13,14)15)38-37-76(43-65)58(89)94-63(10,11)12/h28-31,47,68-69H,16-27,32-44H2,1-15H3,(H,70,79)(H,71,87)(H,72,88)(H,73,80)(H,74,81)(H,75,82). The van der Waals surface area contributed by atoms with E-state index in [4.69, 9.17) is 28.5 Å². The third-order valence-corrected chi connectivity index (χ3v) is 14.6. The first-order chi connectivity index (χ1) is 44.4. The second kappa shape index (κ2) is 38.2. The summed E-state index contributed by atoms with van der Waals surface area (Å²) in [5.41, 5.74) is -7.01. The monoisotopic (exact) mass is 1470 g/mol. The van der Waals surface area contributed by atoms with Gasteiger partial charge in [0.25, 0.3) is 11.8 Å². The predicted octanol–water partition coefficient (Wildman–Crippen LogP) is 6.10. The number of imide groups is 1. The number of unbranched alkanes of at least 4 members (excludes halogenated alkanes) is 1. The molecule has 542 valence electrons. The number of hydroxylamine groups is 2. The molecule has 10 amide bonds. The Labute approximate surface area is 579 Å². The fraction of sp³-hybridized carbons (Fsp3) is 0.727. The molecule has 8 N–H and O–H groups in total. The summed E-state index contributed by atoms with van der Waals surface area (Å²) in [4.78, 5) is 169. The van der Waals surface area contributed by atoms with Gasteiger partial charge in [0.05, 0.1) is 24.2 Å². The summed E-state index contributed by atoms with van der Waals surface area (Å²) in [6, 6.07) is 7.11. The molecule has 2 aliphatic rings. The Kier molecular flexibility index (Phi) is 33.0. The number of amides is 10. The van der Waals surface area contributed by atoms with Gasteiger partial charge in [-0.05, 0) is 189 Å². The number of esters is 1. The molecular weight excluding hydrogens is 1360 g/mol. The number of hydrogen-bond donors (Lipinski definition) is 8. The molecule has 0 aromatic heterocycles. The molecule has 2 saturated heterocycles. The Hall–Kier alpha value is -7.09. The highest BCUT2D eigenvalue weighted by molar-refractivity contribution is 14.1. The van der Waals surface area contributed by atoms with Crippen molar-refractivity contribution in [2.24, 2.45) is 0 Å². The molecule has 0 aliphatic carbocycles. The number of carbonyl (C=O) groups excluding carboxylic acids is 12. The van der Waals surface area contributed by atoms with Crippen LogP contribution in [0.2, 0.25) is 0 Å². The zero-order chi connectivity index (χ0) is 72.3. The Balaban J connectivity index is 1.98. The lowest BCUT2D eigenvalue weighted by Crippen LogP contribution is -2.69. The van der Waals surface area contributed by atoms with Gasteiger partial charge in [-0.25, -0.2) is 28.8 Å². The Morgan fingerprint density at radius 1 is 0.521 bits per heavy atom. The van der Waals surface area contributed by atoms with Crippen LogP contribution in [0.4, 0.5) is 19.2 Å². The van der Waals surface area contributed by atoms with E-state index in [2.05, 4.69) is 65.1 Å². The predicted molar refractivity (Wildman–Crippen MR) is 363 cm³/mol. The molecule has 0 bridgehead atoms. The zero-order valence-corrected chi connectivity index (χ0v) is 61.3. The van der Waals surface area contributed by atoms with Gasteiger partial charge in [-0.15, -0.1) is 5.06 Å². The van der Waals surface area contributed by atoms with Crippen molar-refractivity contribution < 1.29 is 86.1 Å². The van der Waals surface area contributed by atoms with E-state index in [0.717, 1.165) is 15.6 Å². The van der Waals surface area contributed by atoms with Gasteiger partial charge in [-0.1, -0.05) is 12.1 Å². The van der Waals surface area contributed by atoms with Crippen LogP contribution in [0.15, 0.2) is 24.3 Å². The second-order valence-electron chi connectivity index (χ2n) is 29.3. The highest BCUT2D eigenvalue weighted by Gasteiger charge is 2.42. The fourth-order valence-corrected chi connectivity index (χ4v) is 10.1. The van der Waals surface area contributed by atoms with Crippen molar-refractivity contribution in [1.29, 1.82) is 0 Å². The van der Waals surface area contributed by atoms with Crippen molar-refractivity contribution in [3.05, 3.63) is 33.4 Å². The van der Waals surface area contributed by atoms with Gasteiger partial charge in [0, 0.05) is 107 Å². The van der Waals surface area contributed by atoms with E-state index in [0.29, 0.717) is 37.3 Å². The molecule has 29 nitrogen and oxygen atoms in total. The maximum Gasteiger partial charge on any atom is 0.410 e. The van der Waals surface area contributed by atoms with Crippen LogP contribution in [0.25, 0.3) is 0 Å². The number of ether oxygens (including phenoxy) is 5. The number of nitrogens with zero attached hydrogens (tertiary/aromatic N) is 3. The molecule has 30 heteroatoms. The van der Waals surface area contributed by atoms with Crippen LogP contribution in [0, 0.1) is 3.57 Å². The molecule has 0 spiro atoms. The summed E-state index contributed by atoms with van der Waals surface area (Å²) in [6.07, 6.45) is -1.95. The lowest BCUT2D eigenvalue weighted by molar-refractivity contribution is -0.197. The van der Waals surface area contributed by atoms with E-state index in [1.807, 2.05) is 24.3 Å². The zero-order valence-electron chi connectivity index (χ0n) is 59.1. The van der Waals surface area contributed by atoms with Crippen molar-refractivity contribution in [2.75, 3.05) is 72.0 Å². The van der Waals surface area contributed by atoms with Gasteiger partial charge in [0.15, 0.2) is 0 Å². The molecule has 2 fully saturated rings. The topological polar surface area (TPSA) is 366 Å². The van der Waals surface area contributed by atoms with E-state index < -0.39 is 124 Å². The van der Waals surface area contributed by atoms with Crippen LogP contribution in [-0.2, 0) is 73.3 Å². The van der Waals surface area contributed by atoms with Gasteiger partial charge < -0.3 is 80.9 Å². The Morgan fingerprint density at radius 2 is 0.948 bits per heavy atom. The number of halogens is 1. The first kappa shape index (κ1) is 83.1. The highest BCUT2D eigenvalue weighted by atomic mass is 127. The van der Waals surface area contributed by atoms with Crippen molar-refractivity contribution in [3.63, 3.8) is 0 Å². The van der Waals surface area contributed by atoms with Crippen LogP contribution in [0.3, 0.4) is 0 Å². The number of aryl methyl sites for hydroxylation is 1. The number of rotatable bonds is 26. The van der Waals surface area contributed by atoms with Crippen LogP contribution >= 0.6 is 22.6 Å². The maximum absolute atomic E-state index is 14.7. The Bertz CT molecular complexity index is 2790. The minimum atomic E-state index is -1.61. The summed E-state index contributed by atoms with van der Waals surface area (Å²) in [5.74, 6) is -4.76. The lowest BCUT2D eigenvalue weighted by atomic mass is 9.96. The quantitative estimate of drug-likeness (QED) is 0.0171. The summed E-state index contributed by atoms with van der Waals surface area (Å²) in [7, 11) is 0. The normalized spacial score (nSPS) is 18.1. The molecule has 1 aromatic rings. The smallest absolute Gasteiger partial charge is 0.410 e. The molecule has 96 heavy (non-hydrogen) atoms. The third-order valence-electron chi connectivity index (χ3n) is 13.9. The van der Waals surface area contributed by atoms with Crippen LogP contribution in [-0.4, -0.2) is 204 Å². The van der Waals surface area contributed by atoms with Gasteiger partial charge in [0.2, 0.25) is 23.6 Å². The summed E-state index contributed by atoms with van der Waals surface area (Å²) in [6.45, 7) is 23.1. The van der Waals surface area contributed by atoms with Crippen LogP contribution < -0.4 is 42.5 Å².